The van der Waals surface area contributed by atoms with E-state index < -0.39 is 0 Å². The van der Waals surface area contributed by atoms with Crippen molar-refractivity contribution in [2.24, 2.45) is 5.73 Å². The largest absolute Gasteiger partial charge is 0.346 e. The summed E-state index contributed by atoms with van der Waals surface area (Å²) >= 11 is 0. The van der Waals surface area contributed by atoms with Gasteiger partial charge in [-0.3, -0.25) is 4.79 Å². The van der Waals surface area contributed by atoms with E-state index in [1.54, 1.807) is 12.1 Å². The zero-order chi connectivity index (χ0) is 18.5. The molecule has 0 spiro atoms. The topological polar surface area (TPSA) is 96.2 Å². The minimum absolute atomic E-state index is 0.132. The van der Waals surface area contributed by atoms with Crippen molar-refractivity contribution in [3.63, 3.8) is 0 Å². The van der Waals surface area contributed by atoms with Gasteiger partial charge in [0.05, 0.1) is 6.04 Å². The first-order valence-corrected chi connectivity index (χ1v) is 8.82. The maximum atomic E-state index is 12.3. The highest BCUT2D eigenvalue weighted by molar-refractivity contribution is 5.94. The molecule has 6 nitrogen and oxygen atoms in total. The van der Waals surface area contributed by atoms with Gasteiger partial charge in [-0.05, 0) is 55.2 Å². The molecule has 1 atom stereocenters. The van der Waals surface area contributed by atoms with E-state index in [4.69, 9.17) is 5.73 Å². The van der Waals surface area contributed by atoms with Crippen LogP contribution in [0.15, 0.2) is 48.5 Å². The summed E-state index contributed by atoms with van der Waals surface area (Å²) in [7, 11) is 0. The van der Waals surface area contributed by atoms with E-state index in [0.717, 1.165) is 29.7 Å². The van der Waals surface area contributed by atoms with Crippen molar-refractivity contribution in [3.05, 3.63) is 65.2 Å². The lowest BCUT2D eigenvalue weighted by Gasteiger charge is -2.15. The molecule has 3 rings (SSSR count). The number of urea groups is 1. The van der Waals surface area contributed by atoms with Crippen LogP contribution in [0.25, 0.3) is 0 Å². The molecule has 0 bridgehead atoms. The molecule has 1 unspecified atom stereocenters. The van der Waals surface area contributed by atoms with E-state index in [-0.39, 0.29) is 18.0 Å². The van der Waals surface area contributed by atoms with Crippen LogP contribution in [0.5, 0.6) is 0 Å². The zero-order valence-electron chi connectivity index (χ0n) is 14.8. The monoisotopic (exact) mass is 352 g/mol. The summed E-state index contributed by atoms with van der Waals surface area (Å²) in [5, 5.41) is 8.66. The van der Waals surface area contributed by atoms with Crippen molar-refractivity contribution in [3.8, 4) is 0 Å². The lowest BCUT2D eigenvalue weighted by Crippen LogP contribution is -2.30. The normalized spacial score (nSPS) is 14.4. The van der Waals surface area contributed by atoms with E-state index in [1.165, 1.54) is 0 Å². The van der Waals surface area contributed by atoms with Gasteiger partial charge in [0.25, 0.3) is 5.91 Å². The van der Waals surface area contributed by atoms with E-state index in [1.807, 2.05) is 43.3 Å². The van der Waals surface area contributed by atoms with Crippen molar-refractivity contribution < 1.29 is 9.59 Å². The average Bonchev–Trinajstić information content (AvgIpc) is 3.46. The smallest absolute Gasteiger partial charge is 0.319 e. The van der Waals surface area contributed by atoms with Gasteiger partial charge in [0.1, 0.15) is 0 Å². The second kappa shape index (κ2) is 8.01. The summed E-state index contributed by atoms with van der Waals surface area (Å²) in [4.78, 5) is 24.1. The molecule has 2 aromatic rings. The predicted octanol–water partition coefficient (Wildman–Crippen LogP) is 2.92. The maximum Gasteiger partial charge on any atom is 0.319 e. The molecular formula is C20H24N4O2. The lowest BCUT2D eigenvalue weighted by molar-refractivity contribution is 0.0940. The molecule has 26 heavy (non-hydrogen) atoms. The first kappa shape index (κ1) is 17.9. The number of carbonyl (C=O) groups is 2. The van der Waals surface area contributed by atoms with Crippen molar-refractivity contribution in [2.45, 2.75) is 38.4 Å². The van der Waals surface area contributed by atoms with E-state index in [9.17, 15) is 9.59 Å². The standard InChI is InChI=1S/C20H24N4O2/c1-13(22-19(25)16-4-2-14(12-21)3-5-16)15-6-8-17(9-7-15)23-20(26)24-18-10-11-18/h2-9,13,18H,10-12,21H2,1H3,(H,22,25)(H2,23,24,26). The van der Waals surface area contributed by atoms with Crippen LogP contribution in [0, 0.1) is 0 Å². The summed E-state index contributed by atoms with van der Waals surface area (Å²) in [6.07, 6.45) is 2.11. The summed E-state index contributed by atoms with van der Waals surface area (Å²) in [5.41, 5.74) is 8.85. The van der Waals surface area contributed by atoms with Crippen LogP contribution >= 0.6 is 0 Å². The lowest BCUT2D eigenvalue weighted by atomic mass is 10.1. The van der Waals surface area contributed by atoms with E-state index in [0.29, 0.717) is 18.2 Å². The Kier molecular flexibility index (Phi) is 5.53. The quantitative estimate of drug-likeness (QED) is 0.643. The molecule has 6 heteroatoms. The number of benzene rings is 2. The van der Waals surface area contributed by atoms with Crippen molar-refractivity contribution >= 4 is 17.6 Å². The molecule has 1 saturated carbocycles. The third kappa shape index (κ3) is 4.83. The van der Waals surface area contributed by atoms with Crippen molar-refractivity contribution in [2.75, 3.05) is 5.32 Å². The number of amides is 3. The van der Waals surface area contributed by atoms with Crippen LogP contribution in [0.1, 0.15) is 47.3 Å². The highest BCUT2D eigenvalue weighted by atomic mass is 16.2. The Bertz CT molecular complexity index is 767. The van der Waals surface area contributed by atoms with Gasteiger partial charge in [0.2, 0.25) is 0 Å². The van der Waals surface area contributed by atoms with Gasteiger partial charge in [-0.1, -0.05) is 24.3 Å². The molecule has 0 heterocycles. The third-order valence-corrected chi connectivity index (χ3v) is 4.38. The van der Waals surface area contributed by atoms with Crippen LogP contribution in [0.4, 0.5) is 10.5 Å². The van der Waals surface area contributed by atoms with Gasteiger partial charge in [-0.2, -0.15) is 0 Å². The van der Waals surface area contributed by atoms with Crippen molar-refractivity contribution in [1.29, 1.82) is 0 Å². The van der Waals surface area contributed by atoms with Crippen LogP contribution in [-0.2, 0) is 6.54 Å². The summed E-state index contributed by atoms with van der Waals surface area (Å²) in [5.74, 6) is -0.132. The van der Waals surface area contributed by atoms with E-state index >= 15 is 0 Å². The highest BCUT2D eigenvalue weighted by Crippen LogP contribution is 2.20. The summed E-state index contributed by atoms with van der Waals surface area (Å²) in [6.45, 7) is 2.38. The Morgan fingerprint density at radius 3 is 2.31 bits per heavy atom. The number of nitrogens with one attached hydrogen (secondary N) is 3. The van der Waals surface area contributed by atoms with Gasteiger partial charge >= 0.3 is 6.03 Å². The van der Waals surface area contributed by atoms with Gasteiger partial charge in [0.15, 0.2) is 0 Å². The van der Waals surface area contributed by atoms with Crippen LogP contribution in [0.3, 0.4) is 0 Å². The first-order chi connectivity index (χ1) is 12.5. The van der Waals surface area contributed by atoms with Gasteiger partial charge < -0.3 is 21.7 Å². The Labute approximate surface area is 153 Å². The number of nitrogens with two attached hydrogens (primary N) is 1. The van der Waals surface area contributed by atoms with Crippen LogP contribution in [0.2, 0.25) is 0 Å². The van der Waals surface area contributed by atoms with E-state index in [2.05, 4.69) is 16.0 Å². The number of hydrogen-bond donors (Lipinski definition) is 4. The Hall–Kier alpha value is -2.86. The summed E-state index contributed by atoms with van der Waals surface area (Å²) < 4.78 is 0. The molecule has 1 aliphatic rings. The molecule has 1 aliphatic carbocycles. The molecule has 0 aliphatic heterocycles. The second-order valence-electron chi connectivity index (χ2n) is 6.59. The molecule has 0 saturated heterocycles. The number of anilines is 1. The minimum atomic E-state index is -0.178. The van der Waals surface area contributed by atoms with Gasteiger partial charge in [-0.15, -0.1) is 0 Å². The van der Waals surface area contributed by atoms with Crippen molar-refractivity contribution in [1.82, 2.24) is 10.6 Å². The third-order valence-electron chi connectivity index (χ3n) is 4.38. The predicted molar refractivity (Wildman–Crippen MR) is 102 cm³/mol. The Morgan fingerprint density at radius 2 is 1.73 bits per heavy atom. The fourth-order valence-corrected chi connectivity index (χ4v) is 2.59. The molecule has 0 radical (unpaired) electrons. The Morgan fingerprint density at radius 1 is 1.08 bits per heavy atom. The highest BCUT2D eigenvalue weighted by Gasteiger charge is 2.23. The molecule has 136 valence electrons. The number of rotatable bonds is 6. The molecule has 2 aromatic carbocycles. The molecular weight excluding hydrogens is 328 g/mol. The summed E-state index contributed by atoms with van der Waals surface area (Å²) in [6, 6.07) is 14.7. The number of hydrogen-bond acceptors (Lipinski definition) is 3. The minimum Gasteiger partial charge on any atom is -0.346 e. The fourth-order valence-electron chi connectivity index (χ4n) is 2.59. The molecule has 5 N–H and O–H groups in total. The molecule has 0 aromatic heterocycles. The molecule has 3 amide bonds. The first-order valence-electron chi connectivity index (χ1n) is 8.82. The van der Waals surface area contributed by atoms with Gasteiger partial charge in [0, 0.05) is 23.8 Å². The maximum absolute atomic E-state index is 12.3. The Balaban J connectivity index is 1.55. The second-order valence-corrected chi connectivity index (χ2v) is 6.59. The zero-order valence-corrected chi connectivity index (χ0v) is 14.8. The fraction of sp³-hybridized carbons (Fsp3) is 0.300. The van der Waals surface area contributed by atoms with Crippen LogP contribution < -0.4 is 21.7 Å². The SMILES string of the molecule is CC(NC(=O)c1ccc(CN)cc1)c1ccc(NC(=O)NC2CC2)cc1. The average molecular weight is 352 g/mol. The van der Waals surface area contributed by atoms with Gasteiger partial charge in [-0.25, -0.2) is 4.79 Å². The number of carbonyl (C=O) groups excluding carboxylic acids is 2. The molecule has 1 fully saturated rings. The van der Waals surface area contributed by atoms with Crippen LogP contribution in [-0.4, -0.2) is 18.0 Å².